The standard InChI is InChI=1S/C20H29N5OS/c1-3-4-8-16-11-13-18(14-12-16)25-20(22-23-24-25)27-15(2)19(26)21-17-9-6-5-7-10-17/h11-15,17H,3-10H2,1-2H3,(H,21,26). The van der Waals surface area contributed by atoms with E-state index >= 15 is 0 Å². The van der Waals surface area contributed by atoms with Gasteiger partial charge in [0.25, 0.3) is 0 Å². The van der Waals surface area contributed by atoms with Gasteiger partial charge in [-0.1, -0.05) is 56.5 Å². The number of amides is 1. The predicted molar refractivity (Wildman–Crippen MR) is 108 cm³/mol. The van der Waals surface area contributed by atoms with Crippen LogP contribution in [0.2, 0.25) is 0 Å². The van der Waals surface area contributed by atoms with Crippen LogP contribution in [0.15, 0.2) is 29.4 Å². The molecular formula is C20H29N5OS. The number of carbonyl (C=O) groups excluding carboxylic acids is 1. The zero-order valence-electron chi connectivity index (χ0n) is 16.2. The number of unbranched alkanes of at least 4 members (excludes halogenated alkanes) is 1. The number of nitrogens with zero attached hydrogens (tertiary/aromatic N) is 4. The molecule has 1 saturated carbocycles. The maximum atomic E-state index is 12.5. The van der Waals surface area contributed by atoms with Gasteiger partial charge in [-0.15, -0.1) is 5.10 Å². The van der Waals surface area contributed by atoms with Gasteiger partial charge in [-0.25, -0.2) is 0 Å². The van der Waals surface area contributed by atoms with Crippen molar-refractivity contribution in [2.45, 2.75) is 81.7 Å². The van der Waals surface area contributed by atoms with Crippen LogP contribution in [0.5, 0.6) is 0 Å². The Balaban J connectivity index is 1.61. The molecule has 0 aliphatic heterocycles. The highest BCUT2D eigenvalue weighted by Gasteiger charge is 2.22. The van der Waals surface area contributed by atoms with Crippen LogP contribution in [0.25, 0.3) is 5.69 Å². The molecule has 1 fully saturated rings. The minimum absolute atomic E-state index is 0.0661. The lowest BCUT2D eigenvalue weighted by Crippen LogP contribution is -2.40. The molecule has 27 heavy (non-hydrogen) atoms. The summed E-state index contributed by atoms with van der Waals surface area (Å²) in [5, 5.41) is 15.6. The Morgan fingerprint density at radius 1 is 1.26 bits per heavy atom. The third-order valence-corrected chi connectivity index (χ3v) is 6.08. The Bertz CT molecular complexity index is 724. The van der Waals surface area contributed by atoms with Gasteiger partial charge in [-0.05, 0) is 60.7 Å². The van der Waals surface area contributed by atoms with Gasteiger partial charge in [0.15, 0.2) is 0 Å². The molecule has 1 aromatic heterocycles. The molecule has 0 saturated heterocycles. The van der Waals surface area contributed by atoms with E-state index in [1.54, 1.807) is 4.68 Å². The predicted octanol–water partition coefficient (Wildman–Crippen LogP) is 3.93. The van der Waals surface area contributed by atoms with E-state index in [0.29, 0.717) is 11.2 Å². The molecule has 1 aliphatic rings. The first-order valence-electron chi connectivity index (χ1n) is 10.0. The molecule has 146 valence electrons. The first-order valence-corrected chi connectivity index (χ1v) is 10.9. The molecule has 7 heteroatoms. The van der Waals surface area contributed by atoms with E-state index in [-0.39, 0.29) is 11.2 Å². The minimum Gasteiger partial charge on any atom is -0.352 e. The third kappa shape index (κ3) is 5.54. The van der Waals surface area contributed by atoms with Gasteiger partial charge in [-0.3, -0.25) is 4.79 Å². The minimum atomic E-state index is -0.236. The highest BCUT2D eigenvalue weighted by atomic mass is 32.2. The van der Waals surface area contributed by atoms with E-state index in [2.05, 4.69) is 39.9 Å². The second-order valence-electron chi connectivity index (χ2n) is 7.25. The fourth-order valence-electron chi connectivity index (χ4n) is 3.38. The largest absolute Gasteiger partial charge is 0.352 e. The maximum Gasteiger partial charge on any atom is 0.233 e. The Morgan fingerprint density at radius 2 is 2.00 bits per heavy atom. The van der Waals surface area contributed by atoms with Crippen LogP contribution in [0.4, 0.5) is 0 Å². The lowest BCUT2D eigenvalue weighted by atomic mass is 9.95. The molecule has 1 heterocycles. The summed E-state index contributed by atoms with van der Waals surface area (Å²) < 4.78 is 1.71. The number of hydrogen-bond donors (Lipinski definition) is 1. The SMILES string of the molecule is CCCCc1ccc(-n2nnnc2SC(C)C(=O)NC2CCCCC2)cc1. The fourth-order valence-corrected chi connectivity index (χ4v) is 4.19. The zero-order chi connectivity index (χ0) is 19.1. The summed E-state index contributed by atoms with van der Waals surface area (Å²) in [5.41, 5.74) is 2.24. The Hall–Kier alpha value is -1.89. The van der Waals surface area contributed by atoms with E-state index in [0.717, 1.165) is 24.9 Å². The van der Waals surface area contributed by atoms with E-state index in [9.17, 15) is 4.79 Å². The molecular weight excluding hydrogens is 358 g/mol. The van der Waals surface area contributed by atoms with Crippen LogP contribution >= 0.6 is 11.8 Å². The van der Waals surface area contributed by atoms with Crippen molar-refractivity contribution in [2.75, 3.05) is 0 Å². The van der Waals surface area contributed by atoms with Crippen molar-refractivity contribution in [1.29, 1.82) is 0 Å². The Labute approximate surface area is 165 Å². The quantitative estimate of drug-likeness (QED) is 0.695. The Morgan fingerprint density at radius 3 is 2.70 bits per heavy atom. The van der Waals surface area contributed by atoms with E-state index in [1.807, 2.05) is 19.1 Å². The average Bonchev–Trinajstić information content (AvgIpc) is 3.15. The second-order valence-corrected chi connectivity index (χ2v) is 8.55. The highest BCUT2D eigenvalue weighted by Crippen LogP contribution is 2.24. The van der Waals surface area contributed by atoms with E-state index < -0.39 is 0 Å². The summed E-state index contributed by atoms with van der Waals surface area (Å²) in [6.07, 6.45) is 9.35. The van der Waals surface area contributed by atoms with Crippen molar-refractivity contribution in [2.24, 2.45) is 0 Å². The molecule has 1 aromatic carbocycles. The molecule has 1 aliphatic carbocycles. The number of aryl methyl sites for hydroxylation is 1. The lowest BCUT2D eigenvalue weighted by molar-refractivity contribution is -0.121. The monoisotopic (exact) mass is 387 g/mol. The topological polar surface area (TPSA) is 72.7 Å². The molecule has 0 radical (unpaired) electrons. The van der Waals surface area contributed by atoms with Gasteiger partial charge in [-0.2, -0.15) is 4.68 Å². The lowest BCUT2D eigenvalue weighted by Gasteiger charge is -2.24. The van der Waals surface area contributed by atoms with Gasteiger partial charge < -0.3 is 5.32 Å². The molecule has 1 amide bonds. The van der Waals surface area contributed by atoms with Crippen LogP contribution in [-0.2, 0) is 11.2 Å². The van der Waals surface area contributed by atoms with Crippen molar-refractivity contribution < 1.29 is 4.79 Å². The van der Waals surface area contributed by atoms with Crippen molar-refractivity contribution in [3.8, 4) is 5.69 Å². The number of carbonyl (C=O) groups is 1. The van der Waals surface area contributed by atoms with Crippen LogP contribution in [0.1, 0.15) is 64.4 Å². The highest BCUT2D eigenvalue weighted by molar-refractivity contribution is 8.00. The first kappa shape index (κ1) is 19.9. The second kappa shape index (κ2) is 9.88. The number of aromatic nitrogens is 4. The summed E-state index contributed by atoms with van der Waals surface area (Å²) in [5.74, 6) is 0.0661. The van der Waals surface area contributed by atoms with Crippen LogP contribution < -0.4 is 5.32 Å². The van der Waals surface area contributed by atoms with Gasteiger partial charge >= 0.3 is 0 Å². The van der Waals surface area contributed by atoms with E-state index in [1.165, 1.54) is 49.4 Å². The number of tetrazole rings is 1. The summed E-state index contributed by atoms with van der Waals surface area (Å²) in [6, 6.07) is 8.65. The average molecular weight is 388 g/mol. The van der Waals surface area contributed by atoms with Gasteiger partial charge in [0, 0.05) is 6.04 Å². The number of nitrogens with one attached hydrogen (secondary N) is 1. The third-order valence-electron chi connectivity index (χ3n) is 5.04. The fraction of sp³-hybridized carbons (Fsp3) is 0.600. The van der Waals surface area contributed by atoms with Gasteiger partial charge in [0.1, 0.15) is 0 Å². The van der Waals surface area contributed by atoms with Crippen molar-refractivity contribution in [3.63, 3.8) is 0 Å². The number of hydrogen-bond acceptors (Lipinski definition) is 5. The molecule has 1 atom stereocenters. The molecule has 0 bridgehead atoms. The van der Waals surface area contributed by atoms with E-state index in [4.69, 9.17) is 0 Å². The summed E-state index contributed by atoms with van der Waals surface area (Å²) >= 11 is 1.40. The van der Waals surface area contributed by atoms with Crippen LogP contribution in [0.3, 0.4) is 0 Å². The van der Waals surface area contributed by atoms with Gasteiger partial charge in [0.2, 0.25) is 11.1 Å². The first-order chi connectivity index (χ1) is 13.2. The number of rotatable bonds is 8. The van der Waals surface area contributed by atoms with Crippen molar-refractivity contribution >= 4 is 17.7 Å². The molecule has 1 unspecified atom stereocenters. The molecule has 6 nitrogen and oxygen atoms in total. The normalized spacial score (nSPS) is 16.2. The molecule has 2 aromatic rings. The smallest absolute Gasteiger partial charge is 0.233 e. The number of benzene rings is 1. The van der Waals surface area contributed by atoms with Gasteiger partial charge in [0.05, 0.1) is 10.9 Å². The van der Waals surface area contributed by atoms with Crippen LogP contribution in [-0.4, -0.2) is 37.4 Å². The zero-order valence-corrected chi connectivity index (χ0v) is 17.0. The summed E-state index contributed by atoms with van der Waals surface area (Å²) in [7, 11) is 0. The summed E-state index contributed by atoms with van der Waals surface area (Å²) in [4.78, 5) is 12.5. The molecule has 0 spiro atoms. The Kier molecular flexibility index (Phi) is 7.26. The maximum absolute atomic E-state index is 12.5. The molecule has 3 rings (SSSR count). The van der Waals surface area contributed by atoms with Crippen molar-refractivity contribution in [3.05, 3.63) is 29.8 Å². The van der Waals surface area contributed by atoms with Crippen molar-refractivity contribution in [1.82, 2.24) is 25.5 Å². The van der Waals surface area contributed by atoms with Crippen LogP contribution in [0, 0.1) is 0 Å². The number of thioether (sulfide) groups is 1. The molecule has 1 N–H and O–H groups in total. The summed E-state index contributed by atoms with van der Waals surface area (Å²) in [6.45, 7) is 4.11.